The van der Waals surface area contributed by atoms with E-state index in [9.17, 15) is 8.42 Å². The zero-order chi connectivity index (χ0) is 17.4. The molecule has 138 valence electrons. The van der Waals surface area contributed by atoms with Crippen LogP contribution in [0.3, 0.4) is 0 Å². The normalized spacial score (nSPS) is 19.9. The average Bonchev–Trinajstić information content (AvgIpc) is 2.59. The molecule has 0 aromatic heterocycles. The first-order chi connectivity index (χ1) is 11.5. The zero-order valence-electron chi connectivity index (χ0n) is 14.4. The van der Waals surface area contributed by atoms with Gasteiger partial charge in [0.2, 0.25) is 10.0 Å². The van der Waals surface area contributed by atoms with E-state index < -0.39 is 10.0 Å². The second kappa shape index (κ2) is 10.8. The van der Waals surface area contributed by atoms with Crippen molar-refractivity contribution in [2.45, 2.75) is 49.6 Å². The van der Waals surface area contributed by atoms with Gasteiger partial charge < -0.3 is 5.73 Å². The van der Waals surface area contributed by atoms with Gasteiger partial charge in [0.15, 0.2) is 0 Å². The first-order valence-corrected chi connectivity index (χ1v) is 9.82. The number of benzene rings is 2. The van der Waals surface area contributed by atoms with Gasteiger partial charge in [0.05, 0.1) is 4.90 Å². The first kappa shape index (κ1) is 22.0. The summed E-state index contributed by atoms with van der Waals surface area (Å²) in [5.41, 5.74) is 7.01. The molecule has 0 spiro atoms. The Morgan fingerprint density at radius 2 is 1.40 bits per heavy atom. The van der Waals surface area contributed by atoms with Gasteiger partial charge in [0.1, 0.15) is 0 Å². The van der Waals surface area contributed by atoms with Crippen LogP contribution in [0, 0.1) is 6.92 Å². The minimum atomic E-state index is -3.44. The summed E-state index contributed by atoms with van der Waals surface area (Å²) in [6.07, 6.45) is 3.84. The van der Waals surface area contributed by atoms with Gasteiger partial charge in [-0.2, -0.15) is 0 Å². The van der Waals surface area contributed by atoms with Crippen molar-refractivity contribution in [1.29, 1.82) is 0 Å². The third-order valence-corrected chi connectivity index (χ3v) is 5.63. The summed E-state index contributed by atoms with van der Waals surface area (Å²) in [6.45, 7) is 1.93. The molecule has 2 aromatic carbocycles. The van der Waals surface area contributed by atoms with Crippen LogP contribution in [0.25, 0.3) is 0 Å². The maximum Gasteiger partial charge on any atom is 0.240 e. The van der Waals surface area contributed by atoms with Gasteiger partial charge in [-0.3, -0.25) is 0 Å². The summed E-state index contributed by atoms with van der Waals surface area (Å²) in [7, 11) is -3.44. The molecule has 3 rings (SSSR count). The predicted molar refractivity (Wildman–Crippen MR) is 98.2 cm³/mol. The number of sulfonamides is 1. The maximum absolute atomic E-state index is 12.2. The van der Waals surface area contributed by atoms with Gasteiger partial charge in [0, 0.05) is 31.6 Å². The fourth-order valence-corrected chi connectivity index (χ4v) is 4.00. The van der Waals surface area contributed by atoms with Gasteiger partial charge in [-0.25, -0.2) is 13.1 Å². The van der Waals surface area contributed by atoms with Crippen molar-refractivity contribution in [3.05, 3.63) is 66.2 Å². The van der Waals surface area contributed by atoms with Crippen molar-refractivity contribution in [2.24, 2.45) is 5.73 Å². The molecular weight excluding hydrogens is 421 g/mol. The van der Waals surface area contributed by atoms with Crippen molar-refractivity contribution < 1.29 is 27.9 Å². The summed E-state index contributed by atoms with van der Waals surface area (Å²) in [6, 6.07) is 18.7. The quantitative estimate of drug-likeness (QED) is 0.710. The van der Waals surface area contributed by atoms with Crippen LogP contribution in [-0.4, -0.2) is 20.5 Å². The second-order valence-corrected chi connectivity index (χ2v) is 7.86. The number of nitrogens with two attached hydrogens (primary N) is 1. The van der Waals surface area contributed by atoms with Gasteiger partial charge >= 0.3 is 0 Å². The fraction of sp³-hybridized carbons (Fsp3) is 0.368. The van der Waals surface area contributed by atoms with Gasteiger partial charge in [-0.15, -0.1) is 0 Å². The number of aryl methyl sites for hydroxylation is 1. The zero-order valence-corrected chi connectivity index (χ0v) is 17.0. The van der Waals surface area contributed by atoms with Crippen LogP contribution >= 0.6 is 0 Å². The molecule has 1 saturated carbocycles. The predicted octanol–water partition coefficient (Wildman–Crippen LogP) is 3.23. The number of rotatable bonds is 3. The molecule has 1 fully saturated rings. The molecule has 0 saturated heterocycles. The Balaban J connectivity index is 0.000000379. The molecule has 0 unspecified atom stereocenters. The Labute approximate surface area is 164 Å². The fourth-order valence-electron chi connectivity index (χ4n) is 2.68. The third-order valence-electron chi connectivity index (χ3n) is 4.12. The van der Waals surface area contributed by atoms with Crippen LogP contribution < -0.4 is 10.5 Å². The van der Waals surface area contributed by atoms with Crippen molar-refractivity contribution in [3.8, 4) is 0 Å². The molecular formula is C19H26N2O2RuS. The molecule has 6 heteroatoms. The largest absolute Gasteiger partial charge is 0.326 e. The molecule has 1 aliphatic rings. The SMILES string of the molecule is Cc1ccc(S(=O)(=O)N[C@@H]2CCCC[C@H]2N)cc1.[Ru].c1ccccc1. The summed E-state index contributed by atoms with van der Waals surface area (Å²) in [5, 5.41) is 0. The van der Waals surface area contributed by atoms with Crippen molar-refractivity contribution in [2.75, 3.05) is 0 Å². The van der Waals surface area contributed by atoms with Gasteiger partial charge in [-0.1, -0.05) is 66.9 Å². The topological polar surface area (TPSA) is 72.2 Å². The molecule has 0 bridgehead atoms. The van der Waals surface area contributed by atoms with E-state index in [1.54, 1.807) is 24.3 Å². The van der Waals surface area contributed by atoms with E-state index in [1.165, 1.54) is 0 Å². The molecule has 0 aliphatic heterocycles. The molecule has 2 atom stereocenters. The summed E-state index contributed by atoms with van der Waals surface area (Å²) >= 11 is 0. The molecule has 2 aromatic rings. The van der Waals surface area contributed by atoms with E-state index in [-0.39, 0.29) is 31.6 Å². The van der Waals surface area contributed by atoms with Crippen LogP contribution in [0.15, 0.2) is 65.6 Å². The van der Waals surface area contributed by atoms with Crippen LogP contribution in [0.5, 0.6) is 0 Å². The smallest absolute Gasteiger partial charge is 0.240 e. The molecule has 4 nitrogen and oxygen atoms in total. The van der Waals surface area contributed by atoms with E-state index in [4.69, 9.17) is 5.73 Å². The van der Waals surface area contributed by atoms with E-state index in [2.05, 4.69) is 4.72 Å². The second-order valence-electron chi connectivity index (χ2n) is 6.14. The van der Waals surface area contributed by atoms with E-state index in [0.29, 0.717) is 4.90 Å². The van der Waals surface area contributed by atoms with Crippen LogP contribution in [0.1, 0.15) is 31.2 Å². The molecule has 3 N–H and O–H groups in total. The van der Waals surface area contributed by atoms with Crippen LogP contribution in [-0.2, 0) is 29.5 Å². The van der Waals surface area contributed by atoms with E-state index in [0.717, 1.165) is 31.2 Å². The van der Waals surface area contributed by atoms with Crippen molar-refractivity contribution in [3.63, 3.8) is 0 Å². The van der Waals surface area contributed by atoms with Gasteiger partial charge in [0.25, 0.3) is 0 Å². The number of nitrogens with one attached hydrogen (secondary N) is 1. The first-order valence-electron chi connectivity index (χ1n) is 8.33. The minimum absolute atomic E-state index is 0. The standard InChI is InChI=1S/C13H20N2O2S.C6H6.Ru/c1-10-6-8-11(9-7-10)18(16,17)15-13-5-3-2-4-12(13)14;1-2-4-6-5-3-1;/h6-9,12-13,15H,2-5,14H2,1H3;1-6H;/t12-,13-;;/m1../s1. The Hall–Kier alpha value is -1.07. The Morgan fingerprint density at radius 1 is 0.920 bits per heavy atom. The molecule has 25 heavy (non-hydrogen) atoms. The Morgan fingerprint density at radius 3 is 1.88 bits per heavy atom. The molecule has 0 radical (unpaired) electrons. The maximum atomic E-state index is 12.2. The number of hydrogen-bond acceptors (Lipinski definition) is 3. The summed E-state index contributed by atoms with van der Waals surface area (Å²) < 4.78 is 27.1. The molecule has 0 heterocycles. The monoisotopic (exact) mass is 448 g/mol. The van der Waals surface area contributed by atoms with Crippen molar-refractivity contribution in [1.82, 2.24) is 4.72 Å². The third kappa shape index (κ3) is 7.37. The Kier molecular flexibility index (Phi) is 9.51. The average molecular weight is 448 g/mol. The summed E-state index contributed by atoms with van der Waals surface area (Å²) in [4.78, 5) is 0.311. The van der Waals surface area contributed by atoms with E-state index >= 15 is 0 Å². The van der Waals surface area contributed by atoms with Crippen molar-refractivity contribution >= 4 is 10.0 Å². The molecule has 0 amide bonds. The number of hydrogen-bond donors (Lipinski definition) is 2. The minimum Gasteiger partial charge on any atom is -0.326 e. The summed E-state index contributed by atoms with van der Waals surface area (Å²) in [5.74, 6) is 0. The van der Waals surface area contributed by atoms with E-state index in [1.807, 2.05) is 43.3 Å². The van der Waals surface area contributed by atoms with Gasteiger partial charge in [-0.05, 0) is 31.9 Å². The van der Waals surface area contributed by atoms with Crippen LogP contribution in [0.2, 0.25) is 0 Å². The molecule has 1 aliphatic carbocycles. The van der Waals surface area contributed by atoms with Crippen LogP contribution in [0.4, 0.5) is 0 Å². The Bertz CT molecular complexity index is 679.